The Labute approximate surface area is 193 Å². The molecule has 2 atom stereocenters. The topological polar surface area (TPSA) is 108 Å². The first kappa shape index (κ1) is 24.1. The number of hydrogen-bond acceptors (Lipinski definition) is 5. The summed E-state index contributed by atoms with van der Waals surface area (Å²) in [5.74, 6) is -0.667. The van der Waals surface area contributed by atoms with E-state index in [0.717, 1.165) is 5.56 Å². The van der Waals surface area contributed by atoms with Gasteiger partial charge in [0.2, 0.25) is 21.8 Å². The van der Waals surface area contributed by atoms with Crippen LogP contribution in [-0.4, -0.2) is 43.2 Å². The van der Waals surface area contributed by atoms with Gasteiger partial charge in [-0.1, -0.05) is 36.4 Å². The highest BCUT2D eigenvalue weighted by Crippen LogP contribution is 2.26. The molecule has 1 aromatic heterocycles. The predicted molar refractivity (Wildman–Crippen MR) is 126 cm³/mol. The van der Waals surface area contributed by atoms with Crippen molar-refractivity contribution in [3.8, 4) is 0 Å². The molecule has 3 rings (SSSR count). The zero-order valence-corrected chi connectivity index (χ0v) is 19.4. The standard InChI is InChI=1S/C24H26N4O4S/c1-17(27-33(31,32)21-14-12-20(13-15-21)26-18(2)29)24(30)28(3)23(19-9-5-4-6-10-19)22-11-7-8-16-25-22/h4-17,23,27H,1-3H3,(H,26,29)/t17-,23?/m0/s1. The van der Waals surface area contributed by atoms with Crippen molar-refractivity contribution in [2.75, 3.05) is 12.4 Å². The Kier molecular flexibility index (Phi) is 7.57. The van der Waals surface area contributed by atoms with Crippen molar-refractivity contribution in [1.29, 1.82) is 0 Å². The second-order valence-corrected chi connectivity index (χ2v) is 9.28. The number of sulfonamides is 1. The van der Waals surface area contributed by atoms with Gasteiger partial charge in [-0.3, -0.25) is 14.6 Å². The first-order valence-electron chi connectivity index (χ1n) is 10.3. The Morgan fingerprint density at radius 3 is 2.15 bits per heavy atom. The number of amides is 2. The zero-order chi connectivity index (χ0) is 24.0. The number of anilines is 1. The zero-order valence-electron chi connectivity index (χ0n) is 18.6. The minimum atomic E-state index is -3.96. The van der Waals surface area contributed by atoms with Gasteiger partial charge in [-0.25, -0.2) is 8.42 Å². The van der Waals surface area contributed by atoms with Crippen LogP contribution in [0.3, 0.4) is 0 Å². The fourth-order valence-corrected chi connectivity index (χ4v) is 4.67. The van der Waals surface area contributed by atoms with Crippen LogP contribution in [0.4, 0.5) is 5.69 Å². The molecule has 0 aliphatic carbocycles. The maximum absolute atomic E-state index is 13.2. The second kappa shape index (κ2) is 10.4. The molecule has 0 spiro atoms. The van der Waals surface area contributed by atoms with E-state index in [1.165, 1.54) is 43.0 Å². The number of nitrogens with one attached hydrogen (secondary N) is 2. The van der Waals surface area contributed by atoms with Gasteiger partial charge in [-0.05, 0) is 48.9 Å². The maximum atomic E-state index is 13.2. The number of aromatic nitrogens is 1. The van der Waals surface area contributed by atoms with Crippen LogP contribution in [0, 0.1) is 0 Å². The van der Waals surface area contributed by atoms with Crippen LogP contribution >= 0.6 is 0 Å². The lowest BCUT2D eigenvalue weighted by molar-refractivity contribution is -0.132. The van der Waals surface area contributed by atoms with Gasteiger partial charge >= 0.3 is 0 Å². The fraction of sp³-hybridized carbons (Fsp3) is 0.208. The Morgan fingerprint density at radius 2 is 1.58 bits per heavy atom. The molecule has 172 valence electrons. The molecule has 2 aromatic carbocycles. The molecule has 33 heavy (non-hydrogen) atoms. The lowest BCUT2D eigenvalue weighted by Gasteiger charge is -2.30. The number of rotatable bonds is 8. The first-order chi connectivity index (χ1) is 15.7. The number of carbonyl (C=O) groups is 2. The summed E-state index contributed by atoms with van der Waals surface area (Å²) in [4.78, 5) is 30.3. The Hall–Kier alpha value is -3.56. The van der Waals surface area contributed by atoms with Crippen LogP contribution in [0.25, 0.3) is 0 Å². The van der Waals surface area contributed by atoms with Crippen molar-refractivity contribution in [2.45, 2.75) is 30.8 Å². The number of carbonyl (C=O) groups excluding carboxylic acids is 2. The summed E-state index contributed by atoms with van der Waals surface area (Å²) in [5, 5.41) is 2.58. The minimum Gasteiger partial charge on any atom is -0.332 e. The number of pyridine rings is 1. The van der Waals surface area contributed by atoms with Gasteiger partial charge in [-0.2, -0.15) is 4.72 Å². The average molecular weight is 467 g/mol. The molecular weight excluding hydrogens is 440 g/mol. The average Bonchev–Trinajstić information content (AvgIpc) is 2.80. The van der Waals surface area contributed by atoms with Crippen LogP contribution in [0.1, 0.15) is 31.1 Å². The number of likely N-dealkylation sites (N-methyl/N-ethyl adjacent to an activating group) is 1. The van der Waals surface area contributed by atoms with Crippen LogP contribution in [0.2, 0.25) is 0 Å². The van der Waals surface area contributed by atoms with E-state index < -0.39 is 28.0 Å². The summed E-state index contributed by atoms with van der Waals surface area (Å²) in [6.07, 6.45) is 1.65. The maximum Gasteiger partial charge on any atom is 0.241 e. The second-order valence-electron chi connectivity index (χ2n) is 7.57. The van der Waals surface area contributed by atoms with E-state index in [9.17, 15) is 18.0 Å². The van der Waals surface area contributed by atoms with Crippen LogP contribution in [0.15, 0.2) is 83.9 Å². The molecule has 2 N–H and O–H groups in total. The van der Waals surface area contributed by atoms with Crippen LogP contribution in [-0.2, 0) is 19.6 Å². The summed E-state index contributed by atoms with van der Waals surface area (Å²) in [5.41, 5.74) is 2.00. The fourth-order valence-electron chi connectivity index (χ4n) is 3.47. The van der Waals surface area contributed by atoms with Gasteiger partial charge in [0.25, 0.3) is 0 Å². The highest BCUT2D eigenvalue weighted by Gasteiger charge is 2.30. The molecule has 0 radical (unpaired) electrons. The third-order valence-electron chi connectivity index (χ3n) is 5.01. The molecule has 1 heterocycles. The van der Waals surface area contributed by atoms with Gasteiger partial charge in [0.05, 0.1) is 22.7 Å². The minimum absolute atomic E-state index is 0.0109. The molecule has 9 heteroatoms. The molecule has 8 nitrogen and oxygen atoms in total. The third kappa shape index (κ3) is 6.03. The van der Waals surface area contributed by atoms with Crippen molar-refractivity contribution < 1.29 is 18.0 Å². The highest BCUT2D eigenvalue weighted by atomic mass is 32.2. The van der Waals surface area contributed by atoms with E-state index in [-0.39, 0.29) is 10.8 Å². The number of hydrogen-bond donors (Lipinski definition) is 2. The summed E-state index contributed by atoms with van der Waals surface area (Å²) in [6.45, 7) is 2.87. The summed E-state index contributed by atoms with van der Waals surface area (Å²) in [6, 6.07) is 19.1. The molecule has 0 fully saturated rings. The largest absolute Gasteiger partial charge is 0.332 e. The van der Waals surface area contributed by atoms with E-state index in [4.69, 9.17) is 0 Å². The van der Waals surface area contributed by atoms with Gasteiger partial charge in [0, 0.05) is 25.9 Å². The van der Waals surface area contributed by atoms with E-state index >= 15 is 0 Å². The van der Waals surface area contributed by atoms with Crippen molar-refractivity contribution in [3.63, 3.8) is 0 Å². The Morgan fingerprint density at radius 1 is 0.939 bits per heavy atom. The van der Waals surface area contributed by atoms with Crippen molar-refractivity contribution in [2.24, 2.45) is 0 Å². The Balaban J connectivity index is 1.80. The third-order valence-corrected chi connectivity index (χ3v) is 6.56. The lowest BCUT2D eigenvalue weighted by Crippen LogP contribution is -2.46. The molecule has 0 saturated heterocycles. The van der Waals surface area contributed by atoms with Crippen molar-refractivity contribution in [3.05, 3.63) is 90.3 Å². The van der Waals surface area contributed by atoms with Crippen molar-refractivity contribution >= 4 is 27.5 Å². The van der Waals surface area contributed by atoms with E-state index in [2.05, 4.69) is 15.0 Å². The smallest absolute Gasteiger partial charge is 0.241 e. The molecular formula is C24H26N4O4S. The quantitative estimate of drug-likeness (QED) is 0.531. The molecule has 0 bridgehead atoms. The van der Waals surface area contributed by atoms with E-state index in [0.29, 0.717) is 11.4 Å². The summed E-state index contributed by atoms with van der Waals surface area (Å²) in [7, 11) is -2.34. The van der Waals surface area contributed by atoms with Gasteiger partial charge in [0.15, 0.2) is 0 Å². The predicted octanol–water partition coefficient (Wildman–Crippen LogP) is 2.95. The summed E-state index contributed by atoms with van der Waals surface area (Å²) >= 11 is 0. The van der Waals surface area contributed by atoms with Crippen LogP contribution < -0.4 is 10.0 Å². The molecule has 1 unspecified atom stereocenters. The Bertz CT molecular complexity index is 1160. The van der Waals surface area contributed by atoms with E-state index in [1.54, 1.807) is 19.3 Å². The highest BCUT2D eigenvalue weighted by molar-refractivity contribution is 7.89. The van der Waals surface area contributed by atoms with E-state index in [1.807, 2.05) is 42.5 Å². The monoisotopic (exact) mass is 466 g/mol. The van der Waals surface area contributed by atoms with Gasteiger partial charge < -0.3 is 10.2 Å². The molecule has 0 aliphatic heterocycles. The normalized spacial score (nSPS) is 13.1. The molecule has 2 amide bonds. The number of nitrogens with zero attached hydrogens (tertiary/aromatic N) is 2. The first-order valence-corrected chi connectivity index (χ1v) is 11.8. The van der Waals surface area contributed by atoms with Crippen LogP contribution in [0.5, 0.6) is 0 Å². The molecule has 0 saturated carbocycles. The van der Waals surface area contributed by atoms with Crippen molar-refractivity contribution in [1.82, 2.24) is 14.6 Å². The number of benzene rings is 2. The SMILES string of the molecule is CC(=O)Nc1ccc(S(=O)(=O)N[C@@H](C)C(=O)N(C)C(c2ccccc2)c2ccccn2)cc1. The summed E-state index contributed by atoms with van der Waals surface area (Å²) < 4.78 is 28.1. The van der Waals surface area contributed by atoms with Gasteiger partial charge in [0.1, 0.15) is 0 Å². The van der Waals surface area contributed by atoms with Gasteiger partial charge in [-0.15, -0.1) is 0 Å². The lowest BCUT2D eigenvalue weighted by atomic mass is 10.0. The molecule has 3 aromatic rings. The molecule has 0 aliphatic rings.